The molecule has 1 fully saturated rings. The van der Waals surface area contributed by atoms with Gasteiger partial charge in [-0.05, 0) is 28.8 Å². The van der Waals surface area contributed by atoms with Crippen molar-refractivity contribution in [3.63, 3.8) is 0 Å². The lowest BCUT2D eigenvalue weighted by Crippen LogP contribution is -2.19. The molecule has 0 aromatic carbocycles. The number of rotatable bonds is 1. The molecule has 0 spiro atoms. The SMILES string of the molecule is NC1(c2nc3cnccn3c2Br)CC1. The molecule has 3 rings (SSSR count). The highest BCUT2D eigenvalue weighted by molar-refractivity contribution is 9.10. The number of nitrogens with two attached hydrogens (primary N) is 1. The first-order valence-electron chi connectivity index (χ1n) is 4.48. The first-order valence-corrected chi connectivity index (χ1v) is 5.27. The molecule has 2 heterocycles. The molecule has 1 aliphatic rings. The third kappa shape index (κ3) is 1.02. The van der Waals surface area contributed by atoms with Crippen LogP contribution in [-0.2, 0) is 5.54 Å². The Bertz CT molecular complexity index is 500. The third-order valence-electron chi connectivity index (χ3n) is 2.63. The van der Waals surface area contributed by atoms with Gasteiger partial charge in [0.15, 0.2) is 5.65 Å². The van der Waals surface area contributed by atoms with Crippen LogP contribution in [0.4, 0.5) is 0 Å². The van der Waals surface area contributed by atoms with Crippen LogP contribution in [0.5, 0.6) is 0 Å². The van der Waals surface area contributed by atoms with Crippen LogP contribution in [0.2, 0.25) is 0 Å². The van der Waals surface area contributed by atoms with Crippen molar-refractivity contribution < 1.29 is 0 Å². The second-order valence-corrected chi connectivity index (χ2v) is 4.46. The maximum absolute atomic E-state index is 6.11. The average molecular weight is 253 g/mol. The van der Waals surface area contributed by atoms with Crippen molar-refractivity contribution in [2.75, 3.05) is 0 Å². The molecular weight excluding hydrogens is 244 g/mol. The van der Waals surface area contributed by atoms with E-state index in [-0.39, 0.29) is 5.54 Å². The predicted molar refractivity (Wildman–Crippen MR) is 55.8 cm³/mol. The first-order chi connectivity index (χ1) is 6.71. The quantitative estimate of drug-likeness (QED) is 0.836. The molecule has 0 unspecified atom stereocenters. The number of imidazole rings is 1. The summed E-state index contributed by atoms with van der Waals surface area (Å²) in [6.07, 6.45) is 7.38. The lowest BCUT2D eigenvalue weighted by Gasteiger charge is -2.03. The molecule has 0 bridgehead atoms. The highest BCUT2D eigenvalue weighted by atomic mass is 79.9. The topological polar surface area (TPSA) is 56.2 Å². The molecule has 0 atom stereocenters. The van der Waals surface area contributed by atoms with Crippen molar-refractivity contribution >= 4 is 21.6 Å². The summed E-state index contributed by atoms with van der Waals surface area (Å²) in [6, 6.07) is 0. The Labute approximate surface area is 89.3 Å². The van der Waals surface area contributed by atoms with Crippen molar-refractivity contribution in [2.24, 2.45) is 5.73 Å². The Hall–Kier alpha value is -0.940. The van der Waals surface area contributed by atoms with Crippen LogP contribution < -0.4 is 5.73 Å². The summed E-state index contributed by atoms with van der Waals surface area (Å²) in [5.74, 6) is 0. The van der Waals surface area contributed by atoms with E-state index in [4.69, 9.17) is 5.73 Å². The van der Waals surface area contributed by atoms with Gasteiger partial charge in [0, 0.05) is 12.4 Å². The van der Waals surface area contributed by atoms with Gasteiger partial charge in [0.25, 0.3) is 0 Å². The summed E-state index contributed by atoms with van der Waals surface area (Å²) in [6.45, 7) is 0. The minimum absolute atomic E-state index is 0.204. The fourth-order valence-electron chi connectivity index (χ4n) is 1.57. The minimum Gasteiger partial charge on any atom is -0.320 e. The smallest absolute Gasteiger partial charge is 0.156 e. The van der Waals surface area contributed by atoms with Crippen molar-refractivity contribution in [3.05, 3.63) is 28.9 Å². The molecule has 2 aromatic rings. The van der Waals surface area contributed by atoms with Crippen molar-refractivity contribution in [2.45, 2.75) is 18.4 Å². The number of hydrogen-bond acceptors (Lipinski definition) is 3. The van der Waals surface area contributed by atoms with Gasteiger partial charge in [0.05, 0.1) is 17.4 Å². The number of nitrogens with zero attached hydrogens (tertiary/aromatic N) is 3. The molecule has 2 aromatic heterocycles. The predicted octanol–water partition coefficient (Wildman–Crippen LogP) is 1.44. The zero-order valence-electron chi connectivity index (χ0n) is 7.44. The van der Waals surface area contributed by atoms with Gasteiger partial charge >= 0.3 is 0 Å². The average Bonchev–Trinajstić information content (AvgIpc) is 2.84. The zero-order valence-corrected chi connectivity index (χ0v) is 9.03. The monoisotopic (exact) mass is 252 g/mol. The maximum atomic E-state index is 6.11. The molecule has 5 heteroatoms. The van der Waals surface area contributed by atoms with Crippen LogP contribution in [0.15, 0.2) is 23.2 Å². The maximum Gasteiger partial charge on any atom is 0.156 e. The van der Waals surface area contributed by atoms with Gasteiger partial charge in [-0.1, -0.05) is 0 Å². The van der Waals surface area contributed by atoms with E-state index in [2.05, 4.69) is 25.9 Å². The summed E-state index contributed by atoms with van der Waals surface area (Å²) in [5, 5.41) is 0. The normalized spacial score (nSPS) is 18.7. The van der Waals surface area contributed by atoms with E-state index in [0.717, 1.165) is 28.8 Å². The van der Waals surface area contributed by atoms with Crippen LogP contribution in [-0.4, -0.2) is 14.4 Å². The molecule has 72 valence electrons. The summed E-state index contributed by atoms with van der Waals surface area (Å²) < 4.78 is 2.91. The van der Waals surface area contributed by atoms with E-state index in [0.29, 0.717) is 0 Å². The fraction of sp³-hybridized carbons (Fsp3) is 0.333. The van der Waals surface area contributed by atoms with Crippen LogP contribution in [0, 0.1) is 0 Å². The Kier molecular flexibility index (Phi) is 1.52. The first kappa shape index (κ1) is 8.38. The van der Waals surface area contributed by atoms with E-state index >= 15 is 0 Å². The standard InChI is InChI=1S/C9H9BrN4/c10-8-7(9(11)1-2-9)13-6-5-12-3-4-14(6)8/h3-5H,1-2,11H2. The lowest BCUT2D eigenvalue weighted by atomic mass is 10.2. The van der Waals surface area contributed by atoms with Crippen LogP contribution in [0.1, 0.15) is 18.5 Å². The molecule has 1 saturated carbocycles. The number of halogens is 1. The zero-order chi connectivity index (χ0) is 9.76. The van der Waals surface area contributed by atoms with Crippen molar-refractivity contribution in [3.8, 4) is 0 Å². The Morgan fingerprint density at radius 3 is 2.93 bits per heavy atom. The molecule has 0 amide bonds. The van der Waals surface area contributed by atoms with E-state index in [9.17, 15) is 0 Å². The van der Waals surface area contributed by atoms with Gasteiger partial charge < -0.3 is 5.73 Å². The second kappa shape index (κ2) is 2.55. The van der Waals surface area contributed by atoms with Gasteiger partial charge in [-0.15, -0.1) is 0 Å². The molecule has 0 radical (unpaired) electrons. The van der Waals surface area contributed by atoms with E-state index in [1.807, 2.05) is 10.6 Å². The molecule has 0 aliphatic heterocycles. The molecule has 2 N–H and O–H groups in total. The lowest BCUT2D eigenvalue weighted by molar-refractivity contribution is 0.709. The van der Waals surface area contributed by atoms with E-state index in [1.54, 1.807) is 12.4 Å². The van der Waals surface area contributed by atoms with E-state index < -0.39 is 0 Å². The Balaban J connectivity index is 2.31. The molecule has 14 heavy (non-hydrogen) atoms. The summed E-state index contributed by atoms with van der Waals surface area (Å²) in [4.78, 5) is 8.50. The van der Waals surface area contributed by atoms with Gasteiger partial charge in [-0.2, -0.15) is 0 Å². The summed E-state index contributed by atoms with van der Waals surface area (Å²) >= 11 is 3.52. The fourth-order valence-corrected chi connectivity index (χ4v) is 2.35. The Morgan fingerprint density at radius 1 is 1.50 bits per heavy atom. The highest BCUT2D eigenvalue weighted by Crippen LogP contribution is 2.44. The van der Waals surface area contributed by atoms with Crippen molar-refractivity contribution in [1.29, 1.82) is 0 Å². The van der Waals surface area contributed by atoms with Gasteiger partial charge in [-0.25, -0.2) is 4.98 Å². The number of aromatic nitrogens is 3. The van der Waals surface area contributed by atoms with Crippen LogP contribution in [0.3, 0.4) is 0 Å². The highest BCUT2D eigenvalue weighted by Gasteiger charge is 2.44. The van der Waals surface area contributed by atoms with Gasteiger partial charge in [0.2, 0.25) is 0 Å². The summed E-state index contributed by atoms with van der Waals surface area (Å²) in [5.41, 5.74) is 7.69. The van der Waals surface area contributed by atoms with Gasteiger partial charge in [-0.3, -0.25) is 9.38 Å². The molecule has 4 nitrogen and oxygen atoms in total. The second-order valence-electron chi connectivity index (χ2n) is 3.71. The van der Waals surface area contributed by atoms with E-state index in [1.165, 1.54) is 0 Å². The van der Waals surface area contributed by atoms with Gasteiger partial charge in [0.1, 0.15) is 4.60 Å². The molecular formula is C9H9BrN4. The largest absolute Gasteiger partial charge is 0.320 e. The van der Waals surface area contributed by atoms with Crippen molar-refractivity contribution in [1.82, 2.24) is 14.4 Å². The minimum atomic E-state index is -0.204. The Morgan fingerprint density at radius 2 is 2.29 bits per heavy atom. The molecule has 0 saturated heterocycles. The van der Waals surface area contributed by atoms with Crippen LogP contribution >= 0.6 is 15.9 Å². The van der Waals surface area contributed by atoms with Crippen LogP contribution in [0.25, 0.3) is 5.65 Å². The third-order valence-corrected chi connectivity index (χ3v) is 3.39. The number of fused-ring (bicyclic) bond motifs is 1. The number of hydrogen-bond donors (Lipinski definition) is 1. The molecule has 1 aliphatic carbocycles. The summed E-state index contributed by atoms with van der Waals surface area (Å²) in [7, 11) is 0.